The second kappa shape index (κ2) is 10.5. The van der Waals surface area contributed by atoms with E-state index < -0.39 is 0 Å². The Bertz CT molecular complexity index is 1790. The van der Waals surface area contributed by atoms with E-state index in [-0.39, 0.29) is 0 Å². The van der Waals surface area contributed by atoms with E-state index in [0.29, 0.717) is 0 Å². The Morgan fingerprint density at radius 3 is 1.89 bits per heavy atom. The predicted molar refractivity (Wildman–Crippen MR) is 163 cm³/mol. The van der Waals surface area contributed by atoms with Crippen LogP contribution in [0.5, 0.6) is 0 Å². The molecule has 182 valence electrons. The van der Waals surface area contributed by atoms with Crippen LogP contribution >= 0.6 is 0 Å². The van der Waals surface area contributed by atoms with E-state index in [2.05, 4.69) is 113 Å². The molecule has 0 saturated heterocycles. The van der Waals surface area contributed by atoms with Crippen LogP contribution in [0.3, 0.4) is 0 Å². The fourth-order valence-electron chi connectivity index (χ4n) is 4.88. The smallest absolute Gasteiger partial charge is 0.110 e. The average molecular weight is 490 g/mol. The van der Waals surface area contributed by atoms with Crippen LogP contribution < -0.4 is 0 Å². The van der Waals surface area contributed by atoms with Crippen molar-refractivity contribution in [2.75, 3.05) is 0 Å². The van der Waals surface area contributed by atoms with Crippen molar-refractivity contribution in [3.63, 3.8) is 0 Å². The maximum atomic E-state index is 4.76. The zero-order valence-corrected chi connectivity index (χ0v) is 21.2. The minimum Gasteiger partial charge on any atom is -0.297 e. The number of hydrogen-bond acceptors (Lipinski definition) is 2. The maximum absolute atomic E-state index is 4.76. The summed E-state index contributed by atoms with van der Waals surface area (Å²) >= 11 is 0. The fourth-order valence-corrected chi connectivity index (χ4v) is 4.88. The number of benzene rings is 5. The van der Waals surface area contributed by atoms with Gasteiger partial charge in [-0.05, 0) is 59.5 Å². The molecule has 0 fully saturated rings. The summed E-state index contributed by atoms with van der Waals surface area (Å²) in [7, 11) is 0. The summed E-state index contributed by atoms with van der Waals surface area (Å²) in [5.41, 5.74) is 7.98. The lowest BCUT2D eigenvalue weighted by Crippen LogP contribution is -2.06. The summed E-state index contributed by atoms with van der Waals surface area (Å²) in [5.74, 6) is 0.901. The minimum absolute atomic E-state index is 0.901. The summed E-state index contributed by atoms with van der Waals surface area (Å²) in [4.78, 5) is 9.32. The van der Waals surface area contributed by atoms with Crippen molar-refractivity contribution in [3.05, 3.63) is 140 Å². The summed E-state index contributed by atoms with van der Waals surface area (Å²) in [6.07, 6.45) is 5.46. The lowest BCUT2D eigenvalue weighted by atomic mass is 10.0. The first-order chi connectivity index (χ1) is 18.8. The minimum atomic E-state index is 0.901. The molecule has 0 aliphatic carbocycles. The Morgan fingerprint density at radius 1 is 0.579 bits per heavy atom. The van der Waals surface area contributed by atoms with Gasteiger partial charge < -0.3 is 0 Å². The van der Waals surface area contributed by atoms with Gasteiger partial charge in [-0.25, -0.2) is 4.99 Å². The summed E-state index contributed by atoms with van der Waals surface area (Å²) in [5, 5.41) is 2.44. The van der Waals surface area contributed by atoms with Gasteiger partial charge in [-0.3, -0.25) is 9.56 Å². The van der Waals surface area contributed by atoms with Crippen LogP contribution in [0.2, 0.25) is 0 Å². The summed E-state index contributed by atoms with van der Waals surface area (Å²) in [6.45, 7) is 2.05. The third kappa shape index (κ3) is 4.70. The van der Waals surface area contributed by atoms with Crippen molar-refractivity contribution in [3.8, 4) is 22.3 Å². The molecule has 0 bridgehead atoms. The molecule has 0 atom stereocenters. The zero-order chi connectivity index (χ0) is 25.7. The lowest BCUT2D eigenvalue weighted by molar-refractivity contribution is 1.24. The third-order valence-electron chi connectivity index (χ3n) is 6.74. The molecule has 1 aromatic heterocycles. The molecular weight excluding hydrogens is 462 g/mol. The molecule has 3 nitrogen and oxygen atoms in total. The van der Waals surface area contributed by atoms with Crippen LogP contribution in [0.15, 0.2) is 150 Å². The van der Waals surface area contributed by atoms with E-state index in [4.69, 9.17) is 4.99 Å². The second-order valence-electron chi connectivity index (χ2n) is 9.16. The molecule has 0 spiro atoms. The number of rotatable bonds is 5. The van der Waals surface area contributed by atoms with Crippen LogP contribution in [0.25, 0.3) is 44.1 Å². The van der Waals surface area contributed by atoms with Crippen LogP contribution in [-0.4, -0.2) is 16.6 Å². The number of para-hydroxylation sites is 1. The van der Waals surface area contributed by atoms with Crippen LogP contribution in [-0.2, 0) is 0 Å². The fraction of sp³-hybridized carbons (Fsp3) is 0.0286. The van der Waals surface area contributed by atoms with Gasteiger partial charge in [0, 0.05) is 23.2 Å². The number of hydrogen-bond donors (Lipinski definition) is 0. The van der Waals surface area contributed by atoms with E-state index >= 15 is 0 Å². The zero-order valence-electron chi connectivity index (χ0n) is 21.2. The van der Waals surface area contributed by atoms with E-state index in [1.807, 2.05) is 37.3 Å². The molecule has 0 amide bonds. The molecule has 3 heteroatoms. The molecule has 6 aromatic rings. The highest BCUT2D eigenvalue weighted by Gasteiger charge is 2.13. The number of aromatic nitrogens is 1. The summed E-state index contributed by atoms with van der Waals surface area (Å²) in [6, 6.07) is 44.3. The SMILES string of the molecule is C\C(=N/C=C\C=N\c1ccc(-c2ccccc2)cc1)n1c2ccccc2c2ccc(-c3ccccc3)cc21. The van der Waals surface area contributed by atoms with Crippen LogP contribution in [0.1, 0.15) is 6.92 Å². The first-order valence-corrected chi connectivity index (χ1v) is 12.8. The topological polar surface area (TPSA) is 29.6 Å². The molecule has 0 aliphatic heterocycles. The highest BCUT2D eigenvalue weighted by atomic mass is 15.1. The van der Waals surface area contributed by atoms with Crippen molar-refractivity contribution in [2.45, 2.75) is 6.92 Å². The molecule has 6 rings (SSSR count). The Morgan fingerprint density at radius 2 is 1.16 bits per heavy atom. The summed E-state index contributed by atoms with van der Waals surface area (Å²) < 4.78 is 2.24. The van der Waals surface area contributed by atoms with E-state index in [1.165, 1.54) is 33.0 Å². The van der Waals surface area contributed by atoms with Crippen molar-refractivity contribution in [2.24, 2.45) is 9.98 Å². The second-order valence-corrected chi connectivity index (χ2v) is 9.16. The first-order valence-electron chi connectivity index (χ1n) is 12.8. The van der Waals surface area contributed by atoms with Crippen molar-refractivity contribution >= 4 is 39.5 Å². The predicted octanol–water partition coefficient (Wildman–Crippen LogP) is 9.31. The highest BCUT2D eigenvalue weighted by Crippen LogP contribution is 2.32. The highest BCUT2D eigenvalue weighted by molar-refractivity contribution is 6.14. The van der Waals surface area contributed by atoms with Gasteiger partial charge in [-0.1, -0.05) is 103 Å². The van der Waals surface area contributed by atoms with Gasteiger partial charge in [-0.2, -0.15) is 0 Å². The number of fused-ring (bicyclic) bond motifs is 3. The van der Waals surface area contributed by atoms with Gasteiger partial charge in [0.1, 0.15) is 5.84 Å². The Hall–Kier alpha value is -5.02. The standard InChI is InChI=1S/C35H27N3/c1-26(36-23-10-24-37-31-20-17-29(18-21-31)27-11-4-2-5-12-27)38-34-16-9-8-15-32(34)33-22-19-30(25-35(33)38)28-13-6-3-7-14-28/h2-25H,1H3/b23-10-,36-26+,37-24+. The van der Waals surface area contributed by atoms with Gasteiger partial charge in [-0.15, -0.1) is 0 Å². The molecule has 38 heavy (non-hydrogen) atoms. The number of nitrogens with zero attached hydrogens (tertiary/aromatic N) is 3. The van der Waals surface area contributed by atoms with E-state index in [9.17, 15) is 0 Å². The van der Waals surface area contributed by atoms with Crippen molar-refractivity contribution in [1.29, 1.82) is 0 Å². The molecular formula is C35H27N3. The number of aliphatic imine (C=N–C) groups is 2. The van der Waals surface area contributed by atoms with Gasteiger partial charge in [0.05, 0.1) is 16.7 Å². The third-order valence-corrected chi connectivity index (χ3v) is 6.74. The molecule has 5 aromatic carbocycles. The van der Waals surface area contributed by atoms with Crippen molar-refractivity contribution in [1.82, 2.24) is 4.57 Å². The van der Waals surface area contributed by atoms with Crippen molar-refractivity contribution < 1.29 is 0 Å². The Labute approximate surface area is 222 Å². The molecule has 0 N–H and O–H groups in total. The van der Waals surface area contributed by atoms with E-state index in [0.717, 1.165) is 22.6 Å². The van der Waals surface area contributed by atoms with Gasteiger partial charge in [0.2, 0.25) is 0 Å². The van der Waals surface area contributed by atoms with Crippen LogP contribution in [0.4, 0.5) is 5.69 Å². The van der Waals surface area contributed by atoms with Gasteiger partial charge in [0.25, 0.3) is 0 Å². The molecule has 0 unspecified atom stereocenters. The number of allylic oxidation sites excluding steroid dienone is 1. The largest absolute Gasteiger partial charge is 0.297 e. The molecule has 0 aliphatic rings. The first kappa shape index (κ1) is 23.4. The van der Waals surface area contributed by atoms with E-state index in [1.54, 1.807) is 12.4 Å². The quantitative estimate of drug-likeness (QED) is 0.171. The Kier molecular flexibility index (Phi) is 6.48. The Balaban J connectivity index is 1.27. The van der Waals surface area contributed by atoms with Crippen LogP contribution in [0, 0.1) is 0 Å². The normalized spacial score (nSPS) is 12.3. The maximum Gasteiger partial charge on any atom is 0.110 e. The van der Waals surface area contributed by atoms with Gasteiger partial charge >= 0.3 is 0 Å². The lowest BCUT2D eigenvalue weighted by Gasteiger charge is -2.07. The monoisotopic (exact) mass is 489 g/mol. The molecule has 0 saturated carbocycles. The molecule has 1 heterocycles. The van der Waals surface area contributed by atoms with Gasteiger partial charge in [0.15, 0.2) is 0 Å². The molecule has 0 radical (unpaired) electrons. The average Bonchev–Trinajstić information content (AvgIpc) is 3.32.